The number of nitrogens with zero attached hydrogens (tertiary/aromatic N) is 5. The molecule has 0 fully saturated rings. The van der Waals surface area contributed by atoms with Crippen LogP contribution in [0.1, 0.15) is 41.8 Å². The number of halogens is 1. The number of hydrogen-bond acceptors (Lipinski definition) is 6. The summed E-state index contributed by atoms with van der Waals surface area (Å²) in [6, 6.07) is 15.4. The third-order valence-electron chi connectivity index (χ3n) is 6.74. The largest absolute Gasteiger partial charge is 0.474 e. The maximum atomic E-state index is 14.8. The number of ether oxygens (including phenoxy) is 1. The Kier molecular flexibility index (Phi) is 6.18. The van der Waals surface area contributed by atoms with Crippen LogP contribution < -0.4 is 15.4 Å². The number of aliphatic imine (C=N–C) groups is 1. The van der Waals surface area contributed by atoms with Crippen molar-refractivity contribution in [2.24, 2.45) is 4.99 Å². The molecule has 0 aliphatic carbocycles. The number of aromatic nitrogens is 4. The summed E-state index contributed by atoms with van der Waals surface area (Å²) in [6.45, 7) is 5.10. The first-order valence-electron chi connectivity index (χ1n) is 12.8. The fraction of sp³-hybridized carbons (Fsp3) is 0.250. The van der Waals surface area contributed by atoms with Crippen molar-refractivity contribution in [2.45, 2.75) is 45.6 Å². The summed E-state index contributed by atoms with van der Waals surface area (Å²) >= 11 is 0. The number of nitrogens with one attached hydrogen (secondary N) is 2. The van der Waals surface area contributed by atoms with Gasteiger partial charge >= 0.3 is 0 Å². The second-order valence-electron chi connectivity index (χ2n) is 9.40. The van der Waals surface area contributed by atoms with Gasteiger partial charge in [0.25, 0.3) is 11.8 Å². The van der Waals surface area contributed by atoms with Crippen LogP contribution in [0.25, 0.3) is 11.4 Å². The predicted octanol–water partition coefficient (Wildman–Crippen LogP) is 3.62. The molecule has 39 heavy (non-hydrogen) atoms. The number of benzodiazepines with no additional fused rings is 1. The van der Waals surface area contributed by atoms with Gasteiger partial charge in [-0.2, -0.15) is 10.2 Å². The number of carbonyl (C=O) groups excluding carboxylic acids is 2. The third-order valence-corrected chi connectivity index (χ3v) is 6.74. The van der Waals surface area contributed by atoms with E-state index in [-0.39, 0.29) is 17.4 Å². The van der Waals surface area contributed by atoms with E-state index in [9.17, 15) is 14.0 Å². The van der Waals surface area contributed by atoms with Gasteiger partial charge in [-0.15, -0.1) is 0 Å². The van der Waals surface area contributed by atoms with E-state index in [1.54, 1.807) is 33.8 Å². The molecule has 2 N–H and O–H groups in total. The van der Waals surface area contributed by atoms with Crippen LogP contribution in [0.15, 0.2) is 65.8 Å². The van der Waals surface area contributed by atoms with E-state index in [2.05, 4.69) is 25.8 Å². The molecule has 2 aromatic heterocycles. The molecule has 0 unspecified atom stereocenters. The van der Waals surface area contributed by atoms with Crippen LogP contribution in [0.4, 0.5) is 10.1 Å². The van der Waals surface area contributed by atoms with Crippen molar-refractivity contribution < 1.29 is 18.7 Å². The molecule has 4 heterocycles. The van der Waals surface area contributed by atoms with Gasteiger partial charge in [-0.3, -0.25) is 14.3 Å². The van der Waals surface area contributed by atoms with Crippen LogP contribution >= 0.6 is 0 Å². The van der Waals surface area contributed by atoms with E-state index in [0.29, 0.717) is 47.2 Å². The van der Waals surface area contributed by atoms with Crippen molar-refractivity contribution in [2.75, 3.05) is 5.32 Å². The first-order chi connectivity index (χ1) is 18.9. The summed E-state index contributed by atoms with van der Waals surface area (Å²) in [5, 5.41) is 14.5. The lowest BCUT2D eigenvalue weighted by Crippen LogP contribution is -2.42. The number of fused-ring (bicyclic) bond motifs is 2. The van der Waals surface area contributed by atoms with Crippen LogP contribution in [-0.4, -0.2) is 49.4 Å². The predicted molar refractivity (Wildman–Crippen MR) is 142 cm³/mol. The number of para-hydroxylation sites is 1. The lowest BCUT2D eigenvalue weighted by molar-refractivity contribution is -0.117. The van der Waals surface area contributed by atoms with E-state index >= 15 is 0 Å². The van der Waals surface area contributed by atoms with Gasteiger partial charge in [-0.05, 0) is 26.0 Å². The zero-order chi connectivity index (χ0) is 27.1. The molecule has 2 aliphatic heterocycles. The molecule has 2 aromatic carbocycles. The molecular weight excluding hydrogens is 501 g/mol. The molecule has 0 saturated heterocycles. The number of hydrogen-bond donors (Lipinski definition) is 2. The Labute approximate surface area is 223 Å². The molecule has 0 saturated carbocycles. The van der Waals surface area contributed by atoms with Crippen LogP contribution in [0.2, 0.25) is 0 Å². The zero-order valence-corrected chi connectivity index (χ0v) is 21.4. The Morgan fingerprint density at radius 1 is 1.15 bits per heavy atom. The standard InChI is InChI=1S/C28H26FN7O3/c1-3-35-14-13-20(33-35)24-21(28-36(34-24)15-12-16(2)39-28)26(37)32-25-27(38)31-23-18(10-7-11-19(23)29)22(30-25)17-8-5-4-6-9-17/h4-11,13-14,16,25H,3,12,15H2,1-2H3,(H,31,38)(H,32,37)/t16-,25-/m1/s1. The number of anilines is 1. The highest BCUT2D eigenvalue weighted by Crippen LogP contribution is 2.34. The first kappa shape index (κ1) is 24.5. The summed E-state index contributed by atoms with van der Waals surface area (Å²) in [5.74, 6) is -1.57. The highest BCUT2D eigenvalue weighted by atomic mass is 19.1. The number of aryl methyl sites for hydroxylation is 2. The van der Waals surface area contributed by atoms with Crippen LogP contribution in [0.5, 0.6) is 5.88 Å². The van der Waals surface area contributed by atoms with Crippen molar-refractivity contribution in [3.05, 3.63) is 83.3 Å². The number of carbonyl (C=O) groups is 2. The molecule has 2 amide bonds. The van der Waals surface area contributed by atoms with E-state index in [0.717, 1.165) is 6.42 Å². The minimum atomic E-state index is -1.35. The molecule has 4 aromatic rings. The maximum Gasteiger partial charge on any atom is 0.269 e. The maximum absolute atomic E-state index is 14.8. The fourth-order valence-electron chi connectivity index (χ4n) is 4.74. The Balaban J connectivity index is 1.42. The van der Waals surface area contributed by atoms with Crippen LogP contribution in [-0.2, 0) is 17.9 Å². The van der Waals surface area contributed by atoms with Crippen molar-refractivity contribution in [1.29, 1.82) is 0 Å². The van der Waals surface area contributed by atoms with Crippen LogP contribution in [0, 0.1) is 5.82 Å². The summed E-state index contributed by atoms with van der Waals surface area (Å²) in [6.07, 6.45) is 1.07. The van der Waals surface area contributed by atoms with E-state index < -0.39 is 23.8 Å². The fourth-order valence-corrected chi connectivity index (χ4v) is 4.74. The van der Waals surface area contributed by atoms with Gasteiger partial charge in [0.2, 0.25) is 12.0 Å². The second kappa shape index (κ2) is 9.82. The summed E-state index contributed by atoms with van der Waals surface area (Å²) in [7, 11) is 0. The van der Waals surface area contributed by atoms with Gasteiger partial charge < -0.3 is 15.4 Å². The average molecular weight is 528 g/mol. The minimum Gasteiger partial charge on any atom is -0.474 e. The van der Waals surface area contributed by atoms with Crippen molar-refractivity contribution in [3.63, 3.8) is 0 Å². The molecule has 0 radical (unpaired) electrons. The lowest BCUT2D eigenvalue weighted by Gasteiger charge is -2.22. The highest BCUT2D eigenvalue weighted by Gasteiger charge is 2.34. The highest BCUT2D eigenvalue weighted by molar-refractivity contribution is 6.20. The first-order valence-corrected chi connectivity index (χ1v) is 12.8. The second-order valence-corrected chi connectivity index (χ2v) is 9.40. The van der Waals surface area contributed by atoms with Crippen molar-refractivity contribution >= 4 is 23.2 Å². The number of rotatable bonds is 5. The molecule has 2 atom stereocenters. The Bertz CT molecular complexity index is 1610. The van der Waals surface area contributed by atoms with Crippen molar-refractivity contribution in [1.82, 2.24) is 24.9 Å². The summed E-state index contributed by atoms with van der Waals surface area (Å²) in [5.41, 5.74) is 2.49. The number of benzene rings is 2. The topological polar surface area (TPSA) is 115 Å². The molecule has 0 bridgehead atoms. The zero-order valence-electron chi connectivity index (χ0n) is 21.4. The Morgan fingerprint density at radius 2 is 1.97 bits per heavy atom. The van der Waals surface area contributed by atoms with Gasteiger partial charge in [0.05, 0.1) is 17.5 Å². The van der Waals surface area contributed by atoms with Gasteiger partial charge in [0.15, 0.2) is 0 Å². The minimum absolute atomic E-state index is 0.00715. The molecule has 0 spiro atoms. The average Bonchev–Trinajstić information content (AvgIpc) is 3.53. The Hall–Kier alpha value is -4.80. The van der Waals surface area contributed by atoms with Gasteiger partial charge in [-0.1, -0.05) is 42.5 Å². The normalized spacial score (nSPS) is 18.2. The summed E-state index contributed by atoms with van der Waals surface area (Å²) in [4.78, 5) is 31.8. The smallest absolute Gasteiger partial charge is 0.269 e. The Morgan fingerprint density at radius 3 is 2.74 bits per heavy atom. The number of amides is 2. The van der Waals surface area contributed by atoms with Gasteiger partial charge in [0.1, 0.15) is 22.8 Å². The molecule has 10 nitrogen and oxygen atoms in total. The molecule has 6 rings (SSSR count). The van der Waals surface area contributed by atoms with E-state index in [1.165, 1.54) is 6.07 Å². The van der Waals surface area contributed by atoms with E-state index in [1.807, 2.05) is 44.2 Å². The van der Waals surface area contributed by atoms with Crippen molar-refractivity contribution in [3.8, 4) is 17.3 Å². The summed E-state index contributed by atoms with van der Waals surface area (Å²) < 4.78 is 24.2. The molecular formula is C28H26FN7O3. The van der Waals surface area contributed by atoms with Gasteiger partial charge in [0, 0.05) is 36.8 Å². The lowest BCUT2D eigenvalue weighted by atomic mass is 10.0. The van der Waals surface area contributed by atoms with E-state index in [4.69, 9.17) is 4.74 Å². The molecule has 2 aliphatic rings. The quantitative estimate of drug-likeness (QED) is 0.411. The molecule has 11 heteroatoms. The van der Waals surface area contributed by atoms with Crippen LogP contribution in [0.3, 0.4) is 0 Å². The third kappa shape index (κ3) is 4.45. The van der Waals surface area contributed by atoms with Gasteiger partial charge in [-0.25, -0.2) is 14.1 Å². The SMILES string of the molecule is CCn1ccc(-c2nn3c(c2C(=O)N[C@H]2N=C(c4ccccc4)c4cccc(F)c4NC2=O)O[C@H](C)CC3)n1. The monoisotopic (exact) mass is 527 g/mol. The molecule has 198 valence electrons.